The quantitative estimate of drug-likeness (QED) is 0.747. The van der Waals surface area contributed by atoms with Crippen LogP contribution in [-0.4, -0.2) is 14.7 Å². The highest BCUT2D eigenvalue weighted by molar-refractivity contribution is 5.83. The molecule has 3 rings (SSSR count). The van der Waals surface area contributed by atoms with E-state index in [0.29, 0.717) is 22.9 Å². The second-order valence-electron chi connectivity index (χ2n) is 4.28. The lowest BCUT2D eigenvalue weighted by atomic mass is 10.1. The van der Waals surface area contributed by atoms with E-state index in [0.717, 1.165) is 5.39 Å². The molecule has 0 saturated heterocycles. The molecule has 0 spiro atoms. The molecule has 2 heterocycles. The van der Waals surface area contributed by atoms with E-state index in [-0.39, 0.29) is 12.1 Å². The van der Waals surface area contributed by atoms with Gasteiger partial charge in [0.1, 0.15) is 12.4 Å². The Hall–Kier alpha value is -2.63. The first-order valence-corrected chi connectivity index (χ1v) is 5.82. The van der Waals surface area contributed by atoms with Crippen molar-refractivity contribution < 1.29 is 4.52 Å². The lowest BCUT2D eigenvalue weighted by Crippen LogP contribution is -2.23. The predicted molar refractivity (Wildman–Crippen MR) is 70.8 cm³/mol. The Morgan fingerprint density at radius 3 is 2.89 bits per heavy atom. The molecule has 0 aliphatic heterocycles. The number of aromatic nitrogens is 3. The number of hydrogen-bond donors (Lipinski definition) is 1. The van der Waals surface area contributed by atoms with Crippen LogP contribution in [0.25, 0.3) is 10.8 Å². The van der Waals surface area contributed by atoms with Crippen LogP contribution in [0, 0.1) is 6.92 Å². The van der Waals surface area contributed by atoms with Crippen LogP contribution in [-0.2, 0) is 6.54 Å². The molecule has 0 aliphatic rings. The molecule has 3 aromatic rings. The minimum Gasteiger partial charge on any atom is -0.385 e. The van der Waals surface area contributed by atoms with Crippen molar-refractivity contribution >= 4 is 16.6 Å². The first-order chi connectivity index (χ1) is 9.15. The highest BCUT2D eigenvalue weighted by Crippen LogP contribution is 2.14. The first kappa shape index (κ1) is 11.5. The number of hydrogen-bond acceptors (Lipinski definition) is 5. The Morgan fingerprint density at radius 1 is 1.37 bits per heavy atom. The molecule has 96 valence electrons. The zero-order valence-electron chi connectivity index (χ0n) is 10.3. The number of nitrogens with zero attached hydrogens (tertiary/aromatic N) is 3. The number of benzene rings is 1. The number of aryl methyl sites for hydroxylation is 1. The topological polar surface area (TPSA) is 86.9 Å². The maximum atomic E-state index is 12.4. The van der Waals surface area contributed by atoms with Gasteiger partial charge in [-0.15, -0.1) is 0 Å². The van der Waals surface area contributed by atoms with E-state index in [4.69, 9.17) is 10.3 Å². The largest absolute Gasteiger partial charge is 0.385 e. The number of fused-ring (bicyclic) bond motifs is 1. The van der Waals surface area contributed by atoms with Crippen LogP contribution >= 0.6 is 0 Å². The van der Waals surface area contributed by atoms with E-state index in [9.17, 15) is 4.79 Å². The summed E-state index contributed by atoms with van der Waals surface area (Å²) in [6, 6.07) is 9.08. The Morgan fingerprint density at radius 2 is 2.16 bits per heavy atom. The summed E-state index contributed by atoms with van der Waals surface area (Å²) >= 11 is 0. The minimum atomic E-state index is -0.161. The van der Waals surface area contributed by atoms with E-state index in [1.54, 1.807) is 19.1 Å². The third kappa shape index (κ3) is 1.97. The fourth-order valence-corrected chi connectivity index (χ4v) is 2.02. The Labute approximate surface area is 108 Å². The third-order valence-corrected chi connectivity index (χ3v) is 2.91. The first-order valence-electron chi connectivity index (χ1n) is 5.82. The van der Waals surface area contributed by atoms with Gasteiger partial charge in [0, 0.05) is 5.39 Å². The average molecular weight is 256 g/mol. The SMILES string of the molecule is Cc1noc(Cn2c(N)cc3ccccc3c2=O)n1. The molecule has 6 nitrogen and oxygen atoms in total. The monoisotopic (exact) mass is 256 g/mol. The third-order valence-electron chi connectivity index (χ3n) is 2.91. The molecule has 0 unspecified atom stereocenters. The number of rotatable bonds is 2. The van der Waals surface area contributed by atoms with Gasteiger partial charge in [-0.25, -0.2) is 0 Å². The Kier molecular flexibility index (Phi) is 2.56. The van der Waals surface area contributed by atoms with E-state index >= 15 is 0 Å². The highest BCUT2D eigenvalue weighted by Gasteiger charge is 2.10. The van der Waals surface area contributed by atoms with Gasteiger partial charge in [-0.1, -0.05) is 23.4 Å². The van der Waals surface area contributed by atoms with Crippen LogP contribution in [0.3, 0.4) is 0 Å². The summed E-state index contributed by atoms with van der Waals surface area (Å²) in [5, 5.41) is 5.13. The van der Waals surface area contributed by atoms with Crippen molar-refractivity contribution in [1.29, 1.82) is 0 Å². The molecule has 6 heteroatoms. The Balaban J connectivity index is 2.15. The second-order valence-corrected chi connectivity index (χ2v) is 4.28. The predicted octanol–water partition coefficient (Wildman–Crippen LogP) is 1.32. The van der Waals surface area contributed by atoms with E-state index in [2.05, 4.69) is 10.1 Å². The van der Waals surface area contributed by atoms with Crippen molar-refractivity contribution in [1.82, 2.24) is 14.7 Å². The van der Waals surface area contributed by atoms with Gasteiger partial charge >= 0.3 is 0 Å². The summed E-state index contributed by atoms with van der Waals surface area (Å²) in [6.07, 6.45) is 0. The molecular weight excluding hydrogens is 244 g/mol. The molecule has 0 fully saturated rings. The Bertz CT molecular complexity index is 804. The molecule has 0 saturated carbocycles. The summed E-state index contributed by atoms with van der Waals surface area (Å²) in [5.74, 6) is 1.27. The van der Waals surface area contributed by atoms with Gasteiger partial charge in [-0.05, 0) is 24.4 Å². The molecule has 0 radical (unpaired) electrons. The molecule has 0 amide bonds. The standard InChI is InChI=1S/C13H12N4O2/c1-8-15-12(19-16-8)7-17-11(14)6-9-4-2-3-5-10(9)13(17)18/h2-6H,7,14H2,1H3. The lowest BCUT2D eigenvalue weighted by molar-refractivity contribution is 0.367. The zero-order chi connectivity index (χ0) is 13.4. The molecule has 0 bridgehead atoms. The molecule has 0 aliphatic carbocycles. The summed E-state index contributed by atoms with van der Waals surface area (Å²) in [4.78, 5) is 16.4. The maximum absolute atomic E-state index is 12.4. The summed E-state index contributed by atoms with van der Waals surface area (Å²) in [6.45, 7) is 1.90. The summed E-state index contributed by atoms with van der Waals surface area (Å²) in [5.41, 5.74) is 5.75. The fraction of sp³-hybridized carbons (Fsp3) is 0.154. The number of nitrogen functional groups attached to an aromatic ring is 1. The summed E-state index contributed by atoms with van der Waals surface area (Å²) in [7, 11) is 0. The van der Waals surface area contributed by atoms with Gasteiger partial charge in [0.15, 0.2) is 5.82 Å². The van der Waals surface area contributed by atoms with Crippen molar-refractivity contribution in [2.45, 2.75) is 13.5 Å². The van der Waals surface area contributed by atoms with Gasteiger partial charge in [0.2, 0.25) is 5.89 Å². The van der Waals surface area contributed by atoms with Crippen molar-refractivity contribution in [2.75, 3.05) is 5.73 Å². The minimum absolute atomic E-state index is 0.161. The van der Waals surface area contributed by atoms with E-state index < -0.39 is 0 Å². The van der Waals surface area contributed by atoms with Gasteiger partial charge in [0.25, 0.3) is 5.56 Å². The molecule has 19 heavy (non-hydrogen) atoms. The van der Waals surface area contributed by atoms with E-state index in [1.165, 1.54) is 4.57 Å². The normalized spacial score (nSPS) is 11.0. The van der Waals surface area contributed by atoms with Gasteiger partial charge in [-0.2, -0.15) is 4.98 Å². The lowest BCUT2D eigenvalue weighted by Gasteiger charge is -2.08. The van der Waals surface area contributed by atoms with Gasteiger partial charge in [0.05, 0.1) is 0 Å². The smallest absolute Gasteiger partial charge is 0.260 e. The van der Waals surface area contributed by atoms with Crippen molar-refractivity contribution in [3.05, 3.63) is 52.4 Å². The molecule has 2 N–H and O–H groups in total. The van der Waals surface area contributed by atoms with Crippen LogP contribution in [0.4, 0.5) is 5.82 Å². The molecular formula is C13H12N4O2. The molecule has 0 atom stereocenters. The van der Waals surface area contributed by atoms with Crippen molar-refractivity contribution in [3.8, 4) is 0 Å². The fourth-order valence-electron chi connectivity index (χ4n) is 2.02. The molecule has 2 aromatic heterocycles. The second kappa shape index (κ2) is 4.24. The summed E-state index contributed by atoms with van der Waals surface area (Å²) < 4.78 is 6.44. The highest BCUT2D eigenvalue weighted by atomic mass is 16.5. The average Bonchev–Trinajstić information content (AvgIpc) is 2.80. The number of nitrogens with two attached hydrogens (primary N) is 1. The van der Waals surface area contributed by atoms with Crippen LogP contribution in [0.2, 0.25) is 0 Å². The van der Waals surface area contributed by atoms with Crippen molar-refractivity contribution in [3.63, 3.8) is 0 Å². The number of anilines is 1. The van der Waals surface area contributed by atoms with Crippen LogP contribution in [0.5, 0.6) is 0 Å². The van der Waals surface area contributed by atoms with Gasteiger partial charge in [-0.3, -0.25) is 9.36 Å². The van der Waals surface area contributed by atoms with Crippen molar-refractivity contribution in [2.24, 2.45) is 0 Å². The van der Waals surface area contributed by atoms with Gasteiger partial charge < -0.3 is 10.3 Å². The zero-order valence-corrected chi connectivity index (χ0v) is 10.3. The van der Waals surface area contributed by atoms with Crippen LogP contribution < -0.4 is 11.3 Å². The number of pyridine rings is 1. The maximum Gasteiger partial charge on any atom is 0.260 e. The van der Waals surface area contributed by atoms with Crippen LogP contribution in [0.1, 0.15) is 11.7 Å². The van der Waals surface area contributed by atoms with Crippen LogP contribution in [0.15, 0.2) is 39.6 Å². The molecule has 1 aromatic carbocycles. The van der Waals surface area contributed by atoms with E-state index in [1.807, 2.05) is 18.2 Å².